The van der Waals surface area contributed by atoms with E-state index in [2.05, 4.69) is 32.0 Å². The molecule has 2 aromatic heterocycles. The zero-order valence-electron chi connectivity index (χ0n) is 15.3. The van der Waals surface area contributed by atoms with E-state index < -0.39 is 0 Å². The average molecular weight is 343 g/mol. The number of rotatable bonds is 3. The van der Waals surface area contributed by atoms with Crippen LogP contribution < -0.4 is 4.90 Å². The molecule has 1 aliphatic rings. The molecule has 1 amide bonds. The molecule has 3 heterocycles. The van der Waals surface area contributed by atoms with Gasteiger partial charge in [-0.05, 0) is 13.0 Å². The van der Waals surface area contributed by atoms with E-state index in [0.717, 1.165) is 25.6 Å². The van der Waals surface area contributed by atoms with E-state index in [9.17, 15) is 4.79 Å². The lowest BCUT2D eigenvalue weighted by Crippen LogP contribution is -2.52. The van der Waals surface area contributed by atoms with Crippen molar-refractivity contribution in [2.45, 2.75) is 34.2 Å². The number of anilines is 1. The van der Waals surface area contributed by atoms with Crippen molar-refractivity contribution < 1.29 is 4.79 Å². The molecule has 134 valence electrons. The summed E-state index contributed by atoms with van der Waals surface area (Å²) in [7, 11) is 0. The fourth-order valence-electron chi connectivity index (χ4n) is 2.98. The van der Waals surface area contributed by atoms with Gasteiger partial charge in [-0.3, -0.25) is 9.36 Å². The number of carbonyl (C=O) groups excluding carboxylic acids is 1. The number of aromatic nitrogens is 5. The van der Waals surface area contributed by atoms with Crippen molar-refractivity contribution in [2.75, 3.05) is 31.1 Å². The molecule has 2 aromatic rings. The number of hydrogen-bond acceptors (Lipinski definition) is 6. The molecule has 0 N–H and O–H groups in total. The number of carbonyl (C=O) groups is 1. The summed E-state index contributed by atoms with van der Waals surface area (Å²) in [4.78, 5) is 25.1. The van der Waals surface area contributed by atoms with Gasteiger partial charge in [0.2, 0.25) is 17.7 Å². The Morgan fingerprint density at radius 3 is 2.28 bits per heavy atom. The van der Waals surface area contributed by atoms with Crippen LogP contribution in [0.5, 0.6) is 0 Å². The molecule has 1 aliphatic heterocycles. The molecule has 1 fully saturated rings. The maximum atomic E-state index is 12.4. The van der Waals surface area contributed by atoms with E-state index in [-0.39, 0.29) is 11.3 Å². The molecule has 1 saturated heterocycles. The summed E-state index contributed by atoms with van der Waals surface area (Å²) in [6.07, 6.45) is 3.40. The summed E-state index contributed by atoms with van der Waals surface area (Å²) in [6.45, 7) is 11.6. The van der Waals surface area contributed by atoms with Gasteiger partial charge in [0.25, 0.3) is 0 Å². The van der Waals surface area contributed by atoms with Gasteiger partial charge in [-0.15, -0.1) is 10.2 Å². The first-order valence-corrected chi connectivity index (χ1v) is 8.66. The highest BCUT2D eigenvalue weighted by atomic mass is 16.2. The molecule has 0 aliphatic carbocycles. The molecule has 0 radical (unpaired) electrons. The maximum Gasteiger partial charge on any atom is 0.228 e. The molecule has 0 spiro atoms. The Morgan fingerprint density at radius 2 is 1.72 bits per heavy atom. The molecule has 0 saturated carbocycles. The fraction of sp³-hybridized carbons (Fsp3) is 0.588. The largest absolute Gasteiger partial charge is 0.339 e. The maximum absolute atomic E-state index is 12.4. The molecule has 8 heteroatoms. The van der Waals surface area contributed by atoms with E-state index in [1.165, 1.54) is 0 Å². The Hall–Kier alpha value is -2.51. The van der Waals surface area contributed by atoms with Gasteiger partial charge in [0.1, 0.15) is 0 Å². The van der Waals surface area contributed by atoms with Crippen molar-refractivity contribution in [2.24, 2.45) is 5.41 Å². The van der Waals surface area contributed by atoms with Gasteiger partial charge in [-0.25, -0.2) is 9.97 Å². The van der Waals surface area contributed by atoms with Gasteiger partial charge in [0.15, 0.2) is 5.82 Å². The number of piperazine rings is 1. The topological polar surface area (TPSA) is 80.0 Å². The second-order valence-electron chi connectivity index (χ2n) is 7.17. The smallest absolute Gasteiger partial charge is 0.228 e. The summed E-state index contributed by atoms with van der Waals surface area (Å²) < 4.78 is 2.02. The average Bonchev–Trinajstić information content (AvgIpc) is 3.05. The van der Waals surface area contributed by atoms with Crippen LogP contribution in [0.1, 0.15) is 27.7 Å². The third-order valence-electron chi connectivity index (χ3n) is 4.30. The third kappa shape index (κ3) is 3.47. The molecule has 0 unspecified atom stereocenters. The first-order valence-electron chi connectivity index (χ1n) is 8.66. The van der Waals surface area contributed by atoms with E-state index in [1.54, 1.807) is 18.5 Å². The van der Waals surface area contributed by atoms with Crippen molar-refractivity contribution in [3.63, 3.8) is 0 Å². The lowest BCUT2D eigenvalue weighted by atomic mass is 9.94. The molecule has 8 nitrogen and oxygen atoms in total. The summed E-state index contributed by atoms with van der Waals surface area (Å²) >= 11 is 0. The zero-order valence-corrected chi connectivity index (χ0v) is 15.3. The Labute approximate surface area is 147 Å². The first-order chi connectivity index (χ1) is 11.9. The van der Waals surface area contributed by atoms with Crippen molar-refractivity contribution in [3.8, 4) is 11.6 Å². The Balaban J connectivity index is 1.76. The lowest BCUT2D eigenvalue weighted by Gasteiger charge is -2.37. The highest BCUT2D eigenvalue weighted by Gasteiger charge is 2.31. The normalized spacial score (nSPS) is 15.5. The third-order valence-corrected chi connectivity index (χ3v) is 4.30. The second kappa shape index (κ2) is 6.78. The minimum absolute atomic E-state index is 0.197. The Bertz CT molecular complexity index is 727. The fourth-order valence-corrected chi connectivity index (χ4v) is 2.98. The molecule has 0 aromatic carbocycles. The molecule has 25 heavy (non-hydrogen) atoms. The number of hydrogen-bond donors (Lipinski definition) is 0. The quantitative estimate of drug-likeness (QED) is 0.839. The van der Waals surface area contributed by atoms with Crippen molar-refractivity contribution in [3.05, 3.63) is 18.5 Å². The Kier molecular flexibility index (Phi) is 4.69. The van der Waals surface area contributed by atoms with E-state index >= 15 is 0 Å². The highest BCUT2D eigenvalue weighted by molar-refractivity contribution is 5.81. The molecule has 3 rings (SSSR count). The van der Waals surface area contributed by atoms with Crippen LogP contribution in [0.3, 0.4) is 0 Å². The van der Waals surface area contributed by atoms with E-state index in [1.807, 2.05) is 30.2 Å². The van der Waals surface area contributed by atoms with Gasteiger partial charge in [0, 0.05) is 50.5 Å². The van der Waals surface area contributed by atoms with E-state index in [4.69, 9.17) is 0 Å². The molecule has 0 bridgehead atoms. The minimum Gasteiger partial charge on any atom is -0.339 e. The van der Waals surface area contributed by atoms with Crippen molar-refractivity contribution in [1.29, 1.82) is 0 Å². The highest BCUT2D eigenvalue weighted by Crippen LogP contribution is 2.23. The predicted octanol–water partition coefficient (Wildman–Crippen LogP) is 1.45. The summed E-state index contributed by atoms with van der Waals surface area (Å²) in [5.41, 5.74) is -0.344. The molecular weight excluding hydrogens is 318 g/mol. The van der Waals surface area contributed by atoms with Crippen LogP contribution in [-0.4, -0.2) is 61.7 Å². The number of nitrogens with zero attached hydrogens (tertiary/aromatic N) is 7. The number of amides is 1. The van der Waals surface area contributed by atoms with Crippen LogP contribution in [0, 0.1) is 5.41 Å². The SMILES string of the molecule is CCn1c(-c2ncccn2)nnc1N1CCN(C(=O)C(C)(C)C)CC1. The van der Waals surface area contributed by atoms with Crippen LogP contribution >= 0.6 is 0 Å². The Morgan fingerprint density at radius 1 is 1.08 bits per heavy atom. The van der Waals surface area contributed by atoms with Crippen molar-refractivity contribution in [1.82, 2.24) is 29.6 Å². The van der Waals surface area contributed by atoms with Gasteiger partial charge in [-0.2, -0.15) is 0 Å². The second-order valence-corrected chi connectivity index (χ2v) is 7.17. The van der Waals surface area contributed by atoms with Crippen LogP contribution in [-0.2, 0) is 11.3 Å². The van der Waals surface area contributed by atoms with Gasteiger partial charge in [-0.1, -0.05) is 20.8 Å². The molecule has 0 atom stereocenters. The summed E-state index contributed by atoms with van der Waals surface area (Å²) in [6, 6.07) is 1.78. The monoisotopic (exact) mass is 343 g/mol. The first kappa shape index (κ1) is 17.3. The van der Waals surface area contributed by atoms with Crippen LogP contribution in [0.15, 0.2) is 18.5 Å². The van der Waals surface area contributed by atoms with Crippen LogP contribution in [0.4, 0.5) is 5.95 Å². The van der Waals surface area contributed by atoms with Crippen molar-refractivity contribution >= 4 is 11.9 Å². The summed E-state index contributed by atoms with van der Waals surface area (Å²) in [5.74, 6) is 2.26. The zero-order chi connectivity index (χ0) is 18.0. The van der Waals surface area contributed by atoms with Gasteiger partial charge >= 0.3 is 0 Å². The summed E-state index contributed by atoms with van der Waals surface area (Å²) in [5, 5.41) is 8.65. The van der Waals surface area contributed by atoms with Gasteiger partial charge < -0.3 is 9.80 Å². The predicted molar refractivity (Wildman–Crippen MR) is 95.0 cm³/mol. The van der Waals surface area contributed by atoms with Crippen LogP contribution in [0.2, 0.25) is 0 Å². The van der Waals surface area contributed by atoms with Crippen LogP contribution in [0.25, 0.3) is 11.6 Å². The molecular formula is C17H25N7O. The standard InChI is InChI=1S/C17H25N7O/c1-5-24-14(13-18-7-6-8-19-13)20-21-16(24)23-11-9-22(10-12-23)15(25)17(2,3)4/h6-8H,5,9-12H2,1-4H3. The van der Waals surface area contributed by atoms with E-state index in [0.29, 0.717) is 24.7 Å². The van der Waals surface area contributed by atoms with Gasteiger partial charge in [0.05, 0.1) is 0 Å². The minimum atomic E-state index is -0.344. The lowest BCUT2D eigenvalue weighted by molar-refractivity contribution is -0.139.